The minimum absolute atomic E-state index is 0.0351. The van der Waals surface area contributed by atoms with E-state index >= 15 is 0 Å². The lowest BCUT2D eigenvalue weighted by molar-refractivity contribution is -0.120. The molecule has 1 N–H and O–H groups in total. The second-order valence-corrected chi connectivity index (χ2v) is 7.32. The highest BCUT2D eigenvalue weighted by Gasteiger charge is 2.28. The van der Waals surface area contributed by atoms with Crippen LogP contribution >= 0.6 is 11.3 Å². The van der Waals surface area contributed by atoms with Crippen molar-refractivity contribution in [2.24, 2.45) is 5.92 Å². The molecule has 2 heterocycles. The third kappa shape index (κ3) is 3.32. The number of hydrogen-bond acceptors (Lipinski definition) is 5. The van der Waals surface area contributed by atoms with Gasteiger partial charge in [0.1, 0.15) is 10.8 Å². The van der Waals surface area contributed by atoms with Gasteiger partial charge in [0, 0.05) is 17.0 Å². The Bertz CT molecular complexity index is 924. The number of anilines is 1. The number of nitrogens with one attached hydrogen (secondary N) is 1. The smallest absolute Gasteiger partial charge is 0.227 e. The first kappa shape index (κ1) is 16.7. The van der Waals surface area contributed by atoms with E-state index in [1.807, 2.05) is 42.5 Å². The molecular weight excluding hydrogens is 346 g/mol. The standard InChI is InChI=1S/C20H19N3O2S/c1-25-17-8-3-2-6-14(17)22-19(24)13-9-10-15-18(12-13)26-20(23-15)16-7-4-5-11-21-16/h2-8,11,13H,9-10,12H2,1H3,(H,22,24). The SMILES string of the molecule is COc1ccccc1NC(=O)C1CCc2nc(-c3ccccn3)sc2C1. The molecule has 6 heteroatoms. The van der Waals surface area contributed by atoms with Gasteiger partial charge in [-0.2, -0.15) is 0 Å². The summed E-state index contributed by atoms with van der Waals surface area (Å²) >= 11 is 1.65. The van der Waals surface area contributed by atoms with Crippen molar-refractivity contribution in [2.75, 3.05) is 12.4 Å². The average Bonchev–Trinajstić information content (AvgIpc) is 3.12. The topological polar surface area (TPSA) is 64.1 Å². The first-order chi connectivity index (χ1) is 12.7. The van der Waals surface area contributed by atoms with Crippen LogP contribution in [-0.4, -0.2) is 23.0 Å². The molecule has 1 aliphatic rings. The number of benzene rings is 1. The molecule has 1 amide bonds. The van der Waals surface area contributed by atoms with E-state index in [4.69, 9.17) is 9.72 Å². The van der Waals surface area contributed by atoms with E-state index in [0.717, 1.165) is 35.7 Å². The van der Waals surface area contributed by atoms with Crippen LogP contribution in [0.4, 0.5) is 5.69 Å². The molecule has 1 atom stereocenters. The molecular formula is C20H19N3O2S. The number of methoxy groups -OCH3 is 1. The van der Waals surface area contributed by atoms with Crippen molar-refractivity contribution in [3.8, 4) is 16.5 Å². The van der Waals surface area contributed by atoms with E-state index in [1.165, 1.54) is 4.88 Å². The number of rotatable bonds is 4. The van der Waals surface area contributed by atoms with Gasteiger partial charge in [0.15, 0.2) is 0 Å². The van der Waals surface area contributed by atoms with Crippen molar-refractivity contribution in [3.63, 3.8) is 0 Å². The summed E-state index contributed by atoms with van der Waals surface area (Å²) in [5.74, 6) is 0.657. The second kappa shape index (κ2) is 7.25. The summed E-state index contributed by atoms with van der Waals surface area (Å²) in [6.45, 7) is 0. The number of thiazole rings is 1. The zero-order valence-electron chi connectivity index (χ0n) is 14.4. The Hall–Kier alpha value is -2.73. The Morgan fingerprint density at radius 3 is 2.88 bits per heavy atom. The lowest BCUT2D eigenvalue weighted by Gasteiger charge is -2.21. The molecule has 3 aromatic rings. The molecule has 0 radical (unpaired) electrons. The maximum Gasteiger partial charge on any atom is 0.227 e. The van der Waals surface area contributed by atoms with Crippen molar-refractivity contribution in [1.29, 1.82) is 0 Å². The minimum Gasteiger partial charge on any atom is -0.495 e. The molecule has 0 saturated heterocycles. The van der Waals surface area contributed by atoms with Crippen molar-refractivity contribution in [2.45, 2.75) is 19.3 Å². The number of nitrogens with zero attached hydrogens (tertiary/aromatic N) is 2. The van der Waals surface area contributed by atoms with Gasteiger partial charge in [-0.25, -0.2) is 4.98 Å². The third-order valence-electron chi connectivity index (χ3n) is 4.56. The fraction of sp³-hybridized carbons (Fsp3) is 0.250. The molecule has 0 aliphatic heterocycles. The molecule has 0 bridgehead atoms. The fourth-order valence-corrected chi connectivity index (χ4v) is 4.34. The zero-order valence-corrected chi connectivity index (χ0v) is 15.3. The maximum absolute atomic E-state index is 12.7. The first-order valence-electron chi connectivity index (χ1n) is 8.58. The maximum atomic E-state index is 12.7. The van der Waals surface area contributed by atoms with E-state index in [2.05, 4.69) is 10.3 Å². The van der Waals surface area contributed by atoms with E-state index < -0.39 is 0 Å². The molecule has 5 nitrogen and oxygen atoms in total. The molecule has 1 aliphatic carbocycles. The van der Waals surface area contributed by atoms with Gasteiger partial charge in [-0.3, -0.25) is 9.78 Å². The number of aromatic nitrogens is 2. The van der Waals surface area contributed by atoms with Gasteiger partial charge in [-0.05, 0) is 43.5 Å². The number of amides is 1. The molecule has 1 unspecified atom stereocenters. The fourth-order valence-electron chi connectivity index (χ4n) is 3.18. The van der Waals surface area contributed by atoms with Gasteiger partial charge in [0.25, 0.3) is 0 Å². The predicted octanol–water partition coefficient (Wildman–Crippen LogP) is 3.96. The summed E-state index contributed by atoms with van der Waals surface area (Å²) in [6.07, 6.45) is 4.13. The monoisotopic (exact) mass is 365 g/mol. The van der Waals surface area contributed by atoms with Gasteiger partial charge in [0.05, 0.1) is 24.2 Å². The molecule has 26 heavy (non-hydrogen) atoms. The zero-order chi connectivity index (χ0) is 17.9. The summed E-state index contributed by atoms with van der Waals surface area (Å²) in [5, 5.41) is 3.94. The third-order valence-corrected chi connectivity index (χ3v) is 5.70. The van der Waals surface area contributed by atoms with Gasteiger partial charge >= 0.3 is 0 Å². The lowest BCUT2D eigenvalue weighted by Crippen LogP contribution is -2.27. The van der Waals surface area contributed by atoms with Crippen LogP contribution in [0.2, 0.25) is 0 Å². The van der Waals surface area contributed by atoms with Crippen molar-refractivity contribution >= 4 is 22.9 Å². The Morgan fingerprint density at radius 1 is 1.23 bits per heavy atom. The molecule has 2 aromatic heterocycles. The second-order valence-electron chi connectivity index (χ2n) is 6.23. The Kier molecular flexibility index (Phi) is 4.67. The number of aryl methyl sites for hydroxylation is 1. The molecule has 0 saturated carbocycles. The number of para-hydroxylation sites is 2. The number of fused-ring (bicyclic) bond motifs is 1. The number of hydrogen-bond donors (Lipinski definition) is 1. The molecule has 1 aromatic carbocycles. The summed E-state index contributed by atoms with van der Waals surface area (Å²) in [6, 6.07) is 13.3. The number of carbonyl (C=O) groups is 1. The van der Waals surface area contributed by atoms with Crippen molar-refractivity contribution in [1.82, 2.24) is 9.97 Å². The summed E-state index contributed by atoms with van der Waals surface area (Å²) < 4.78 is 5.31. The average molecular weight is 365 g/mol. The minimum atomic E-state index is -0.0514. The number of pyridine rings is 1. The van der Waals surface area contributed by atoms with E-state index in [9.17, 15) is 4.79 Å². The van der Waals surface area contributed by atoms with Gasteiger partial charge in [0.2, 0.25) is 5.91 Å². The molecule has 0 spiro atoms. The van der Waals surface area contributed by atoms with Crippen LogP contribution in [-0.2, 0) is 17.6 Å². The van der Waals surface area contributed by atoms with Gasteiger partial charge < -0.3 is 10.1 Å². The Balaban J connectivity index is 1.50. The van der Waals surface area contributed by atoms with Crippen molar-refractivity contribution in [3.05, 3.63) is 59.2 Å². The number of carbonyl (C=O) groups excluding carboxylic acids is 1. The highest BCUT2D eigenvalue weighted by atomic mass is 32.1. The highest BCUT2D eigenvalue weighted by molar-refractivity contribution is 7.15. The van der Waals surface area contributed by atoms with Crippen LogP contribution in [0.25, 0.3) is 10.7 Å². The normalized spacial score (nSPS) is 16.0. The summed E-state index contributed by atoms with van der Waals surface area (Å²) in [7, 11) is 1.61. The molecule has 4 rings (SSSR count). The van der Waals surface area contributed by atoms with Crippen LogP contribution in [0.1, 0.15) is 17.0 Å². The van der Waals surface area contributed by atoms with Crippen LogP contribution in [0.15, 0.2) is 48.7 Å². The van der Waals surface area contributed by atoms with Crippen LogP contribution in [0.3, 0.4) is 0 Å². The summed E-state index contributed by atoms with van der Waals surface area (Å²) in [5.41, 5.74) is 2.71. The molecule has 132 valence electrons. The largest absolute Gasteiger partial charge is 0.495 e. The van der Waals surface area contributed by atoms with Crippen molar-refractivity contribution < 1.29 is 9.53 Å². The van der Waals surface area contributed by atoms with E-state index in [0.29, 0.717) is 11.4 Å². The van der Waals surface area contributed by atoms with E-state index in [-0.39, 0.29) is 11.8 Å². The Labute approximate surface area is 156 Å². The first-order valence-corrected chi connectivity index (χ1v) is 9.40. The predicted molar refractivity (Wildman–Crippen MR) is 102 cm³/mol. The van der Waals surface area contributed by atoms with Crippen LogP contribution < -0.4 is 10.1 Å². The highest BCUT2D eigenvalue weighted by Crippen LogP contribution is 2.34. The van der Waals surface area contributed by atoms with E-state index in [1.54, 1.807) is 24.6 Å². The molecule has 0 fully saturated rings. The van der Waals surface area contributed by atoms with Crippen LogP contribution in [0.5, 0.6) is 5.75 Å². The van der Waals surface area contributed by atoms with Crippen LogP contribution in [0, 0.1) is 5.92 Å². The summed E-state index contributed by atoms with van der Waals surface area (Å²) in [4.78, 5) is 23.0. The number of ether oxygens (including phenoxy) is 1. The quantitative estimate of drug-likeness (QED) is 0.760. The lowest BCUT2D eigenvalue weighted by atomic mass is 9.90. The Morgan fingerprint density at radius 2 is 2.08 bits per heavy atom. The van der Waals surface area contributed by atoms with Gasteiger partial charge in [-0.15, -0.1) is 11.3 Å². The van der Waals surface area contributed by atoms with Gasteiger partial charge in [-0.1, -0.05) is 18.2 Å².